The summed E-state index contributed by atoms with van der Waals surface area (Å²) in [6.45, 7) is 2.94. The fraction of sp³-hybridized carbons (Fsp3) is 0.321. The van der Waals surface area contributed by atoms with Gasteiger partial charge in [0.1, 0.15) is 5.82 Å². The number of sulfonamides is 1. The molecule has 1 fully saturated rings. The Bertz CT molecular complexity index is 1300. The van der Waals surface area contributed by atoms with Gasteiger partial charge in [0.15, 0.2) is 0 Å². The molecular weight excluding hydrogens is 511 g/mol. The van der Waals surface area contributed by atoms with Gasteiger partial charge in [-0.05, 0) is 66.1 Å². The van der Waals surface area contributed by atoms with Gasteiger partial charge in [-0.3, -0.25) is 4.79 Å². The zero-order valence-corrected chi connectivity index (χ0v) is 22.4. The first kappa shape index (κ1) is 27.2. The SMILES string of the molecule is Cc1ccsc1CN(Cc1ccc(F)cc1)C(=O)CN(CC1CCCO1)S(=O)(=O)/C=C/c1ccccc1. The van der Waals surface area contributed by atoms with Gasteiger partial charge in [-0.25, -0.2) is 12.8 Å². The van der Waals surface area contributed by atoms with Gasteiger partial charge in [0.05, 0.1) is 19.2 Å². The summed E-state index contributed by atoms with van der Waals surface area (Å²) >= 11 is 1.55. The van der Waals surface area contributed by atoms with Crippen LogP contribution < -0.4 is 0 Å². The largest absolute Gasteiger partial charge is 0.377 e. The molecule has 1 saturated heterocycles. The second-order valence-corrected chi connectivity index (χ2v) is 11.9. The molecule has 9 heteroatoms. The molecule has 0 saturated carbocycles. The molecule has 3 aromatic rings. The van der Waals surface area contributed by atoms with Crippen LogP contribution in [0, 0.1) is 12.7 Å². The third-order valence-electron chi connectivity index (χ3n) is 6.28. The number of halogens is 1. The molecule has 196 valence electrons. The highest BCUT2D eigenvalue weighted by Crippen LogP contribution is 2.21. The summed E-state index contributed by atoms with van der Waals surface area (Å²) in [5, 5.41) is 3.12. The smallest absolute Gasteiger partial charge is 0.238 e. The summed E-state index contributed by atoms with van der Waals surface area (Å²) < 4.78 is 47.2. The van der Waals surface area contributed by atoms with Crippen LogP contribution in [0.2, 0.25) is 0 Å². The maximum Gasteiger partial charge on any atom is 0.238 e. The minimum Gasteiger partial charge on any atom is -0.377 e. The van der Waals surface area contributed by atoms with Crippen LogP contribution in [0.1, 0.15) is 34.4 Å². The Labute approximate surface area is 222 Å². The van der Waals surface area contributed by atoms with Gasteiger partial charge < -0.3 is 9.64 Å². The van der Waals surface area contributed by atoms with Crippen molar-refractivity contribution in [2.24, 2.45) is 0 Å². The number of nitrogens with zero attached hydrogens (tertiary/aromatic N) is 2. The fourth-order valence-corrected chi connectivity index (χ4v) is 6.21. The van der Waals surface area contributed by atoms with Crippen LogP contribution in [0.5, 0.6) is 0 Å². The van der Waals surface area contributed by atoms with Gasteiger partial charge in [0.25, 0.3) is 0 Å². The number of rotatable bonds is 11. The average Bonchev–Trinajstić information content (AvgIpc) is 3.55. The number of hydrogen-bond donors (Lipinski definition) is 0. The maximum absolute atomic E-state index is 13.6. The van der Waals surface area contributed by atoms with E-state index in [0.29, 0.717) is 13.2 Å². The van der Waals surface area contributed by atoms with Gasteiger partial charge in [0.2, 0.25) is 15.9 Å². The minimum absolute atomic E-state index is 0.107. The number of ether oxygens (including phenoxy) is 1. The van der Waals surface area contributed by atoms with Crippen molar-refractivity contribution in [2.75, 3.05) is 19.7 Å². The highest BCUT2D eigenvalue weighted by Gasteiger charge is 2.30. The Kier molecular flexibility index (Phi) is 9.26. The van der Waals surface area contributed by atoms with Crippen LogP contribution in [-0.4, -0.2) is 49.3 Å². The molecular formula is C28H31FN2O4S2. The van der Waals surface area contributed by atoms with Crippen LogP contribution in [0.15, 0.2) is 71.5 Å². The van der Waals surface area contributed by atoms with Crippen molar-refractivity contribution < 1.29 is 22.3 Å². The molecule has 2 heterocycles. The Morgan fingerprint density at radius 3 is 2.51 bits per heavy atom. The summed E-state index contributed by atoms with van der Waals surface area (Å²) in [6, 6.07) is 17.1. The second kappa shape index (κ2) is 12.6. The van der Waals surface area contributed by atoms with Crippen LogP contribution in [0.4, 0.5) is 4.39 Å². The molecule has 4 rings (SSSR count). The van der Waals surface area contributed by atoms with E-state index in [4.69, 9.17) is 4.74 Å². The summed E-state index contributed by atoms with van der Waals surface area (Å²) in [5.74, 6) is -0.679. The number of carbonyl (C=O) groups excluding carboxylic acids is 1. The molecule has 0 radical (unpaired) electrons. The molecule has 2 aromatic carbocycles. The molecule has 0 N–H and O–H groups in total. The number of carbonyl (C=O) groups is 1. The van der Waals surface area contributed by atoms with Crippen LogP contribution >= 0.6 is 11.3 Å². The third kappa shape index (κ3) is 7.82. The zero-order chi connectivity index (χ0) is 26.3. The minimum atomic E-state index is -3.91. The first-order valence-electron chi connectivity index (χ1n) is 12.2. The normalized spacial score (nSPS) is 16.0. The van der Waals surface area contributed by atoms with E-state index >= 15 is 0 Å². The van der Waals surface area contributed by atoms with Crippen LogP contribution in [0.25, 0.3) is 6.08 Å². The quantitative estimate of drug-likeness (QED) is 0.334. The van der Waals surface area contributed by atoms with Gasteiger partial charge in [0, 0.05) is 30.0 Å². The summed E-state index contributed by atoms with van der Waals surface area (Å²) in [6.07, 6.45) is 2.89. The lowest BCUT2D eigenvalue weighted by molar-refractivity contribution is -0.132. The predicted molar refractivity (Wildman–Crippen MR) is 145 cm³/mol. The van der Waals surface area contributed by atoms with Crippen molar-refractivity contribution in [1.29, 1.82) is 0 Å². The van der Waals surface area contributed by atoms with Crippen molar-refractivity contribution in [3.63, 3.8) is 0 Å². The van der Waals surface area contributed by atoms with E-state index in [1.165, 1.54) is 22.5 Å². The molecule has 6 nitrogen and oxygen atoms in total. The molecule has 1 aliphatic heterocycles. The van der Waals surface area contributed by atoms with Crippen molar-refractivity contribution in [1.82, 2.24) is 9.21 Å². The molecule has 1 amide bonds. The molecule has 1 unspecified atom stereocenters. The molecule has 1 aliphatic rings. The van der Waals surface area contributed by atoms with E-state index in [2.05, 4.69) is 0 Å². The second-order valence-electron chi connectivity index (χ2n) is 9.09. The van der Waals surface area contributed by atoms with Crippen LogP contribution in [0.3, 0.4) is 0 Å². The van der Waals surface area contributed by atoms with Crippen molar-refractivity contribution in [2.45, 2.75) is 39.0 Å². The van der Waals surface area contributed by atoms with Gasteiger partial charge in [-0.2, -0.15) is 4.31 Å². The number of amides is 1. The molecule has 0 spiro atoms. The van der Waals surface area contributed by atoms with E-state index < -0.39 is 10.0 Å². The van der Waals surface area contributed by atoms with E-state index in [0.717, 1.165) is 39.8 Å². The van der Waals surface area contributed by atoms with E-state index in [1.54, 1.807) is 28.4 Å². The van der Waals surface area contributed by atoms with E-state index in [1.807, 2.05) is 48.7 Å². The highest BCUT2D eigenvalue weighted by molar-refractivity contribution is 7.92. The monoisotopic (exact) mass is 542 g/mol. The number of aryl methyl sites for hydroxylation is 1. The van der Waals surface area contributed by atoms with Crippen molar-refractivity contribution in [3.8, 4) is 0 Å². The Morgan fingerprint density at radius 2 is 1.86 bits per heavy atom. The number of thiophene rings is 1. The van der Waals surface area contributed by atoms with Crippen molar-refractivity contribution in [3.05, 3.63) is 98.8 Å². The molecule has 0 bridgehead atoms. The highest BCUT2D eigenvalue weighted by atomic mass is 32.2. The third-order valence-corrected chi connectivity index (χ3v) is 8.76. The molecule has 1 aromatic heterocycles. The van der Waals surface area contributed by atoms with E-state index in [-0.39, 0.29) is 37.5 Å². The lowest BCUT2D eigenvalue weighted by Gasteiger charge is -2.28. The van der Waals surface area contributed by atoms with Crippen molar-refractivity contribution >= 4 is 33.3 Å². The zero-order valence-electron chi connectivity index (χ0n) is 20.8. The standard InChI is InChI=1S/C28H31FN2O4S2/c1-22-13-16-36-27(22)20-30(18-24-9-11-25(29)12-10-24)28(32)21-31(19-26-8-5-15-35-26)37(33,34)17-14-23-6-3-2-4-7-23/h2-4,6-7,9-14,16-17,26H,5,8,15,18-21H2,1H3/b17-14+. The summed E-state index contributed by atoms with van der Waals surface area (Å²) in [5.41, 5.74) is 2.58. The summed E-state index contributed by atoms with van der Waals surface area (Å²) in [4.78, 5) is 16.3. The van der Waals surface area contributed by atoms with E-state index in [9.17, 15) is 17.6 Å². The average molecular weight is 543 g/mol. The number of hydrogen-bond acceptors (Lipinski definition) is 5. The predicted octanol–water partition coefficient (Wildman–Crippen LogP) is 5.21. The maximum atomic E-state index is 13.6. The fourth-order valence-electron chi connectivity index (χ4n) is 4.12. The number of benzene rings is 2. The first-order valence-corrected chi connectivity index (χ1v) is 14.6. The lowest BCUT2D eigenvalue weighted by atomic mass is 10.2. The van der Waals surface area contributed by atoms with Gasteiger partial charge >= 0.3 is 0 Å². The Balaban J connectivity index is 1.57. The Hall–Kier alpha value is -2.85. The van der Waals surface area contributed by atoms with Gasteiger partial charge in [-0.1, -0.05) is 42.5 Å². The lowest BCUT2D eigenvalue weighted by Crippen LogP contribution is -2.44. The topological polar surface area (TPSA) is 66.9 Å². The summed E-state index contributed by atoms with van der Waals surface area (Å²) in [7, 11) is -3.91. The molecule has 1 atom stereocenters. The van der Waals surface area contributed by atoms with Crippen LogP contribution in [-0.2, 0) is 32.6 Å². The first-order chi connectivity index (χ1) is 17.8. The molecule has 37 heavy (non-hydrogen) atoms. The Morgan fingerprint density at radius 1 is 1.11 bits per heavy atom. The molecule has 0 aliphatic carbocycles. The van der Waals surface area contributed by atoms with Gasteiger partial charge in [-0.15, -0.1) is 11.3 Å².